The largest absolute Gasteiger partial charge is 0.479 e. The SMILES string of the molecule is O=C(O)C(c1ccccc1)N1CCc2ccccc21.[Na]. The van der Waals surface area contributed by atoms with Crippen molar-refractivity contribution in [2.24, 2.45) is 0 Å². The number of hydrogen-bond donors (Lipinski definition) is 1. The van der Waals surface area contributed by atoms with Crippen LogP contribution in [0.5, 0.6) is 0 Å². The topological polar surface area (TPSA) is 40.5 Å². The van der Waals surface area contributed by atoms with E-state index in [9.17, 15) is 9.90 Å². The summed E-state index contributed by atoms with van der Waals surface area (Å²) < 4.78 is 0. The minimum Gasteiger partial charge on any atom is -0.479 e. The summed E-state index contributed by atoms with van der Waals surface area (Å²) in [7, 11) is 0. The Kier molecular flexibility index (Phi) is 4.86. The van der Waals surface area contributed by atoms with Gasteiger partial charge in [-0.3, -0.25) is 0 Å². The van der Waals surface area contributed by atoms with Gasteiger partial charge in [-0.25, -0.2) is 4.79 Å². The van der Waals surface area contributed by atoms with Gasteiger partial charge in [-0.1, -0.05) is 48.5 Å². The minimum absolute atomic E-state index is 0. The van der Waals surface area contributed by atoms with Gasteiger partial charge in [-0.05, 0) is 23.6 Å². The second-order valence-electron chi connectivity index (χ2n) is 4.72. The van der Waals surface area contributed by atoms with Crippen molar-refractivity contribution >= 4 is 41.2 Å². The van der Waals surface area contributed by atoms with Gasteiger partial charge < -0.3 is 10.0 Å². The Hall–Kier alpha value is -1.29. The molecule has 0 spiro atoms. The standard InChI is InChI=1S/C16H15NO2.Na/c18-16(19)15(13-7-2-1-3-8-13)17-11-10-12-6-4-5-9-14(12)17;/h1-9,15H,10-11H2,(H,18,19);. The first-order valence-electron chi connectivity index (χ1n) is 6.39. The molecule has 0 fully saturated rings. The van der Waals surface area contributed by atoms with Gasteiger partial charge in [0.05, 0.1) is 0 Å². The van der Waals surface area contributed by atoms with Crippen LogP contribution in [-0.2, 0) is 11.2 Å². The second kappa shape index (κ2) is 6.44. The van der Waals surface area contributed by atoms with Crippen molar-refractivity contribution in [2.45, 2.75) is 12.5 Å². The molecule has 3 rings (SSSR count). The molecule has 2 aromatic carbocycles. The summed E-state index contributed by atoms with van der Waals surface area (Å²) in [6.07, 6.45) is 0.910. The Morgan fingerprint density at radius 3 is 2.40 bits per heavy atom. The maximum atomic E-state index is 11.7. The monoisotopic (exact) mass is 276 g/mol. The van der Waals surface area contributed by atoms with Crippen molar-refractivity contribution in [2.75, 3.05) is 11.4 Å². The van der Waals surface area contributed by atoms with Crippen molar-refractivity contribution < 1.29 is 9.90 Å². The number of rotatable bonds is 3. The van der Waals surface area contributed by atoms with Crippen LogP contribution >= 0.6 is 0 Å². The first-order chi connectivity index (χ1) is 9.27. The molecule has 2 aromatic rings. The van der Waals surface area contributed by atoms with E-state index in [2.05, 4.69) is 6.07 Å². The molecule has 20 heavy (non-hydrogen) atoms. The van der Waals surface area contributed by atoms with Crippen molar-refractivity contribution in [1.29, 1.82) is 0 Å². The summed E-state index contributed by atoms with van der Waals surface area (Å²) in [4.78, 5) is 13.6. The number of carbonyl (C=O) groups is 1. The van der Waals surface area contributed by atoms with Gasteiger partial charge in [-0.2, -0.15) is 0 Å². The first-order valence-corrected chi connectivity index (χ1v) is 6.39. The van der Waals surface area contributed by atoms with Gasteiger partial charge in [0.25, 0.3) is 0 Å². The van der Waals surface area contributed by atoms with Crippen molar-refractivity contribution in [3.05, 3.63) is 65.7 Å². The van der Waals surface area contributed by atoms with Crippen LogP contribution in [-0.4, -0.2) is 47.2 Å². The van der Waals surface area contributed by atoms with Crippen LogP contribution in [0.3, 0.4) is 0 Å². The van der Waals surface area contributed by atoms with Gasteiger partial charge >= 0.3 is 5.97 Å². The number of hydrogen-bond acceptors (Lipinski definition) is 2. The molecule has 1 unspecified atom stereocenters. The van der Waals surface area contributed by atoms with Crippen molar-refractivity contribution in [1.82, 2.24) is 0 Å². The molecule has 1 N–H and O–H groups in total. The third-order valence-corrected chi connectivity index (χ3v) is 3.58. The molecule has 0 saturated heterocycles. The molecule has 1 atom stereocenters. The Bertz CT molecular complexity index is 600. The molecule has 4 heteroatoms. The number of carboxylic acids is 1. The molecule has 1 radical (unpaired) electrons. The molecule has 0 saturated carbocycles. The molecule has 1 aliphatic rings. The number of aliphatic carboxylic acids is 1. The molecule has 97 valence electrons. The van der Waals surface area contributed by atoms with Crippen molar-refractivity contribution in [3.63, 3.8) is 0 Å². The number of fused-ring (bicyclic) bond motifs is 1. The molecule has 0 aliphatic carbocycles. The van der Waals surface area contributed by atoms with Crippen molar-refractivity contribution in [3.8, 4) is 0 Å². The molecular formula is C16H15NNaO2. The summed E-state index contributed by atoms with van der Waals surface area (Å²) in [6.45, 7) is 0.755. The van der Waals surface area contributed by atoms with Crippen LogP contribution in [0.2, 0.25) is 0 Å². The Balaban J connectivity index is 0.00000147. The fraction of sp³-hybridized carbons (Fsp3) is 0.188. The van der Waals surface area contributed by atoms with Crippen LogP contribution < -0.4 is 4.90 Å². The Labute approximate surface area is 140 Å². The molecule has 1 aliphatic heterocycles. The van der Waals surface area contributed by atoms with E-state index in [0.717, 1.165) is 24.2 Å². The predicted molar refractivity (Wildman–Crippen MR) is 80.1 cm³/mol. The summed E-state index contributed by atoms with van der Waals surface area (Å²) in [6, 6.07) is 16.8. The second-order valence-corrected chi connectivity index (χ2v) is 4.72. The molecular weight excluding hydrogens is 261 g/mol. The van der Waals surface area contributed by atoms with E-state index in [1.807, 2.05) is 53.4 Å². The van der Waals surface area contributed by atoms with E-state index >= 15 is 0 Å². The van der Waals surface area contributed by atoms with Crippen LogP contribution in [0.25, 0.3) is 0 Å². The Morgan fingerprint density at radius 2 is 1.70 bits per heavy atom. The predicted octanol–water partition coefficient (Wildman–Crippen LogP) is 2.49. The number of benzene rings is 2. The average molecular weight is 276 g/mol. The maximum absolute atomic E-state index is 11.7. The zero-order valence-corrected chi connectivity index (χ0v) is 13.5. The molecule has 3 nitrogen and oxygen atoms in total. The van der Waals surface area contributed by atoms with Gasteiger partial charge in [0, 0.05) is 41.8 Å². The van der Waals surface area contributed by atoms with Gasteiger partial charge in [0.15, 0.2) is 6.04 Å². The maximum Gasteiger partial charge on any atom is 0.331 e. The molecule has 0 amide bonds. The number of carboxylic acid groups (broad SMARTS) is 1. The zero-order chi connectivity index (χ0) is 13.2. The summed E-state index contributed by atoms with van der Waals surface area (Å²) in [5.41, 5.74) is 3.09. The minimum atomic E-state index is -0.803. The summed E-state index contributed by atoms with van der Waals surface area (Å²) >= 11 is 0. The first kappa shape index (κ1) is 15.1. The van der Waals surface area contributed by atoms with Crippen LogP contribution in [0.4, 0.5) is 5.69 Å². The van der Waals surface area contributed by atoms with Crippen LogP contribution in [0.1, 0.15) is 17.2 Å². The molecule has 0 bridgehead atoms. The van der Waals surface area contributed by atoms with E-state index < -0.39 is 12.0 Å². The third-order valence-electron chi connectivity index (χ3n) is 3.58. The van der Waals surface area contributed by atoms with Crippen LogP contribution in [0.15, 0.2) is 54.6 Å². The van der Waals surface area contributed by atoms with E-state index in [0.29, 0.717) is 0 Å². The Morgan fingerprint density at radius 1 is 1.05 bits per heavy atom. The van der Waals surface area contributed by atoms with Gasteiger partial charge in [-0.15, -0.1) is 0 Å². The summed E-state index contributed by atoms with van der Waals surface area (Å²) in [5.74, 6) is -0.803. The smallest absolute Gasteiger partial charge is 0.331 e. The third kappa shape index (κ3) is 2.75. The summed E-state index contributed by atoms with van der Waals surface area (Å²) in [5, 5.41) is 9.57. The average Bonchev–Trinajstić information content (AvgIpc) is 2.84. The van der Waals surface area contributed by atoms with E-state index in [4.69, 9.17) is 0 Å². The van der Waals surface area contributed by atoms with Crippen LogP contribution in [0, 0.1) is 0 Å². The quantitative estimate of drug-likeness (QED) is 0.876. The number of anilines is 1. The fourth-order valence-corrected chi connectivity index (χ4v) is 2.72. The molecule has 0 aromatic heterocycles. The fourth-order valence-electron chi connectivity index (χ4n) is 2.72. The van der Waals surface area contributed by atoms with E-state index in [-0.39, 0.29) is 29.6 Å². The van der Waals surface area contributed by atoms with Gasteiger partial charge in [0.2, 0.25) is 0 Å². The van der Waals surface area contributed by atoms with Gasteiger partial charge in [0.1, 0.15) is 0 Å². The molecule has 1 heterocycles. The number of nitrogens with zero attached hydrogens (tertiary/aromatic N) is 1. The number of para-hydroxylation sites is 1. The van der Waals surface area contributed by atoms with E-state index in [1.54, 1.807) is 0 Å². The van der Waals surface area contributed by atoms with E-state index in [1.165, 1.54) is 5.56 Å². The normalized spacial score (nSPS) is 14.3. The zero-order valence-electron chi connectivity index (χ0n) is 11.5.